The van der Waals surface area contributed by atoms with E-state index >= 15 is 0 Å². The van der Waals surface area contributed by atoms with Crippen LogP contribution in [0.2, 0.25) is 19.6 Å². The maximum absolute atomic E-state index is 6.18. The molecule has 0 atom stereocenters. The number of benzene rings is 2. The van der Waals surface area contributed by atoms with Crippen molar-refractivity contribution in [3.05, 3.63) is 113 Å². The van der Waals surface area contributed by atoms with Gasteiger partial charge in [-0.15, -0.1) is 0 Å². The van der Waals surface area contributed by atoms with Crippen LogP contribution in [0.4, 0.5) is 0 Å². The standard InChI is InChI=1S/C20H20N2OSi.C17H11BrN2O.2CH4/c1-13-7-9-16(22-12-13)14-8-10-17(24(2,3)4)18-15-6-5-11-21-20(15)23-19(14)18;1-10-4-7-14(20-9-10)11-5-6-13(18)15-12-3-2-8-19-17(12)21-16(11)15;;/h5-12H,1-4H3;2-9H,1H3;2*1H4. The molecule has 0 saturated heterocycles. The molecule has 2 aromatic carbocycles. The first-order valence-electron chi connectivity index (χ1n) is 14.8. The van der Waals surface area contributed by atoms with E-state index in [9.17, 15) is 0 Å². The van der Waals surface area contributed by atoms with Crippen LogP contribution in [0, 0.1) is 13.8 Å². The van der Waals surface area contributed by atoms with Gasteiger partial charge in [-0.3, -0.25) is 9.97 Å². The Kier molecular flexibility index (Phi) is 9.47. The number of aromatic nitrogens is 4. The fraction of sp³-hybridized carbons (Fsp3) is 0.179. The molecule has 8 aromatic rings. The minimum absolute atomic E-state index is 0. The molecule has 8 heteroatoms. The molecule has 47 heavy (non-hydrogen) atoms. The molecule has 8 rings (SSSR count). The van der Waals surface area contributed by atoms with E-state index in [1.165, 1.54) is 10.6 Å². The highest BCUT2D eigenvalue weighted by atomic mass is 79.9. The smallest absolute Gasteiger partial charge is 0.227 e. The van der Waals surface area contributed by atoms with Crippen molar-refractivity contribution in [3.8, 4) is 22.5 Å². The minimum Gasteiger partial charge on any atom is -0.437 e. The lowest BCUT2D eigenvalue weighted by Crippen LogP contribution is -2.37. The van der Waals surface area contributed by atoms with Crippen molar-refractivity contribution in [1.29, 1.82) is 0 Å². The number of pyridine rings is 4. The van der Waals surface area contributed by atoms with Crippen molar-refractivity contribution in [1.82, 2.24) is 19.9 Å². The normalized spacial score (nSPS) is 11.3. The average Bonchev–Trinajstić information content (AvgIpc) is 3.62. The fourth-order valence-corrected chi connectivity index (χ4v) is 7.78. The summed E-state index contributed by atoms with van der Waals surface area (Å²) in [6.45, 7) is 11.2. The van der Waals surface area contributed by atoms with E-state index in [-0.39, 0.29) is 14.9 Å². The largest absolute Gasteiger partial charge is 0.437 e. The zero-order chi connectivity index (χ0) is 31.3. The molecule has 0 aliphatic carbocycles. The SMILES string of the molecule is C.C.Cc1ccc(-c2ccc(Br)c3c2oc2ncccc23)nc1.Cc1ccc(-c2ccc([Si](C)(C)C)c3c2oc2ncccc23)nc1. The number of hydrogen-bond donors (Lipinski definition) is 0. The van der Waals surface area contributed by atoms with Gasteiger partial charge in [0.15, 0.2) is 0 Å². The Morgan fingerprint density at radius 3 is 1.55 bits per heavy atom. The molecule has 0 saturated carbocycles. The summed E-state index contributed by atoms with van der Waals surface area (Å²) in [6, 6.07) is 24.7. The van der Waals surface area contributed by atoms with Gasteiger partial charge in [-0.05, 0) is 84.8 Å². The number of aryl methyl sites for hydroxylation is 2. The first-order valence-corrected chi connectivity index (χ1v) is 19.1. The van der Waals surface area contributed by atoms with Crippen LogP contribution in [0.3, 0.4) is 0 Å². The Bertz CT molecular complexity index is 2340. The second-order valence-corrected chi connectivity index (χ2v) is 18.2. The van der Waals surface area contributed by atoms with Gasteiger partial charge in [0, 0.05) is 61.9 Å². The highest BCUT2D eigenvalue weighted by Crippen LogP contribution is 2.39. The summed E-state index contributed by atoms with van der Waals surface area (Å²) >= 11 is 3.61. The molecule has 0 amide bonds. The molecule has 0 N–H and O–H groups in total. The lowest BCUT2D eigenvalue weighted by atomic mass is 10.1. The minimum atomic E-state index is -1.52. The van der Waals surface area contributed by atoms with Gasteiger partial charge in [0.1, 0.15) is 11.2 Å². The van der Waals surface area contributed by atoms with Crippen LogP contribution in [0.15, 0.2) is 111 Å². The number of fused-ring (bicyclic) bond motifs is 6. The summed E-state index contributed by atoms with van der Waals surface area (Å²) in [7, 11) is -1.52. The lowest BCUT2D eigenvalue weighted by molar-refractivity contribution is 0.654. The van der Waals surface area contributed by atoms with Crippen LogP contribution in [0.5, 0.6) is 0 Å². The van der Waals surface area contributed by atoms with Crippen molar-refractivity contribution in [2.75, 3.05) is 0 Å². The summed E-state index contributed by atoms with van der Waals surface area (Å²) in [5.41, 5.74) is 9.20. The number of rotatable bonds is 3. The Balaban J connectivity index is 0.000000178. The third kappa shape index (κ3) is 6.23. The van der Waals surface area contributed by atoms with Crippen LogP contribution >= 0.6 is 15.9 Å². The monoisotopic (exact) mass is 702 g/mol. The lowest BCUT2D eigenvalue weighted by Gasteiger charge is -2.18. The molecule has 6 heterocycles. The first kappa shape index (κ1) is 33.7. The third-order valence-electron chi connectivity index (χ3n) is 7.93. The Hall–Kier alpha value is -4.66. The molecule has 6 aromatic heterocycles. The van der Waals surface area contributed by atoms with Crippen molar-refractivity contribution in [2.45, 2.75) is 48.3 Å². The molecular formula is C39H39BrN4O2Si. The van der Waals surface area contributed by atoms with Gasteiger partial charge < -0.3 is 8.83 Å². The quantitative estimate of drug-likeness (QED) is 0.170. The first-order chi connectivity index (χ1) is 21.7. The van der Waals surface area contributed by atoms with Crippen LogP contribution in [0.1, 0.15) is 26.0 Å². The van der Waals surface area contributed by atoms with E-state index in [1.54, 1.807) is 12.4 Å². The maximum Gasteiger partial charge on any atom is 0.227 e. The van der Waals surface area contributed by atoms with E-state index in [0.29, 0.717) is 11.4 Å². The summed E-state index contributed by atoms with van der Waals surface area (Å²) in [6.07, 6.45) is 7.28. The summed E-state index contributed by atoms with van der Waals surface area (Å²) < 4.78 is 13.1. The van der Waals surface area contributed by atoms with E-state index in [0.717, 1.165) is 65.4 Å². The van der Waals surface area contributed by atoms with Crippen LogP contribution in [0.25, 0.3) is 66.7 Å². The van der Waals surface area contributed by atoms with Gasteiger partial charge in [-0.25, -0.2) is 9.97 Å². The fourth-order valence-electron chi connectivity index (χ4n) is 5.67. The number of nitrogens with zero attached hydrogens (tertiary/aromatic N) is 4. The highest BCUT2D eigenvalue weighted by Gasteiger charge is 2.25. The molecule has 0 unspecified atom stereocenters. The Labute approximate surface area is 285 Å². The zero-order valence-electron chi connectivity index (χ0n) is 25.7. The highest BCUT2D eigenvalue weighted by molar-refractivity contribution is 9.10. The molecule has 0 aliphatic heterocycles. The summed E-state index contributed by atoms with van der Waals surface area (Å²) in [5, 5.41) is 5.75. The van der Waals surface area contributed by atoms with E-state index in [4.69, 9.17) is 8.83 Å². The van der Waals surface area contributed by atoms with Gasteiger partial charge in [-0.1, -0.05) is 68.6 Å². The molecule has 0 spiro atoms. The molecule has 6 nitrogen and oxygen atoms in total. The molecule has 0 bridgehead atoms. The van der Waals surface area contributed by atoms with Crippen LogP contribution in [-0.4, -0.2) is 28.0 Å². The molecule has 238 valence electrons. The van der Waals surface area contributed by atoms with Crippen molar-refractivity contribution >= 4 is 73.3 Å². The second kappa shape index (κ2) is 13.2. The van der Waals surface area contributed by atoms with Crippen LogP contribution in [-0.2, 0) is 0 Å². The van der Waals surface area contributed by atoms with Gasteiger partial charge in [0.25, 0.3) is 0 Å². The average molecular weight is 704 g/mol. The van der Waals surface area contributed by atoms with Gasteiger partial charge >= 0.3 is 0 Å². The summed E-state index contributed by atoms with van der Waals surface area (Å²) in [4.78, 5) is 17.8. The molecule has 0 radical (unpaired) electrons. The van der Waals surface area contributed by atoms with Crippen molar-refractivity contribution < 1.29 is 8.83 Å². The van der Waals surface area contributed by atoms with E-state index in [1.807, 2.05) is 62.6 Å². The van der Waals surface area contributed by atoms with Crippen LogP contribution < -0.4 is 5.19 Å². The van der Waals surface area contributed by atoms with Gasteiger partial charge in [0.05, 0.1) is 19.5 Å². The van der Waals surface area contributed by atoms with Gasteiger partial charge in [-0.2, -0.15) is 0 Å². The maximum atomic E-state index is 6.18. The molecule has 0 fully saturated rings. The van der Waals surface area contributed by atoms with Gasteiger partial charge in [0.2, 0.25) is 11.4 Å². The summed E-state index contributed by atoms with van der Waals surface area (Å²) in [5.74, 6) is 0. The molecule has 0 aliphatic rings. The predicted molar refractivity (Wildman–Crippen MR) is 203 cm³/mol. The zero-order valence-corrected chi connectivity index (χ0v) is 28.3. The number of halogens is 1. The topological polar surface area (TPSA) is 77.8 Å². The van der Waals surface area contributed by atoms with E-state index < -0.39 is 8.07 Å². The van der Waals surface area contributed by atoms with Crippen molar-refractivity contribution in [2.24, 2.45) is 0 Å². The predicted octanol–water partition coefficient (Wildman–Crippen LogP) is 11.3. The second-order valence-electron chi connectivity index (χ2n) is 12.3. The Morgan fingerprint density at radius 1 is 0.574 bits per heavy atom. The van der Waals surface area contributed by atoms with Crippen molar-refractivity contribution in [3.63, 3.8) is 0 Å². The number of hydrogen-bond acceptors (Lipinski definition) is 6. The Morgan fingerprint density at radius 2 is 1.06 bits per heavy atom. The molecular weight excluding hydrogens is 664 g/mol. The van der Waals surface area contributed by atoms with E-state index in [2.05, 4.69) is 91.9 Å². The number of furan rings is 2. The third-order valence-corrected chi connectivity index (χ3v) is 10.6.